The summed E-state index contributed by atoms with van der Waals surface area (Å²) >= 11 is 0. The van der Waals surface area contributed by atoms with Crippen molar-refractivity contribution in [2.75, 3.05) is 11.5 Å². The number of aromatic nitrogens is 5. The second kappa shape index (κ2) is 7.17. The molecule has 0 aliphatic carbocycles. The highest BCUT2D eigenvalue weighted by atomic mass is 15.4. The Balaban J connectivity index is 1.67. The third kappa shape index (κ3) is 3.50. The highest BCUT2D eigenvalue weighted by molar-refractivity contribution is 5.68. The van der Waals surface area contributed by atoms with Crippen molar-refractivity contribution in [2.45, 2.75) is 6.54 Å². The topological polar surface area (TPSA) is 132 Å². The van der Waals surface area contributed by atoms with Gasteiger partial charge in [0.15, 0.2) is 0 Å². The normalized spacial score (nSPS) is 10.5. The number of anilines is 2. The lowest BCUT2D eigenvalue weighted by Gasteiger charge is -2.05. The summed E-state index contributed by atoms with van der Waals surface area (Å²) in [6.45, 7) is 0.497. The molecule has 28 heavy (non-hydrogen) atoms. The van der Waals surface area contributed by atoms with Crippen molar-refractivity contribution in [3.05, 3.63) is 71.9 Å². The number of nitriles is 1. The van der Waals surface area contributed by atoms with E-state index in [0.717, 1.165) is 11.1 Å². The van der Waals surface area contributed by atoms with Crippen LogP contribution in [0.1, 0.15) is 11.1 Å². The Morgan fingerprint density at radius 2 is 1.75 bits per heavy atom. The van der Waals surface area contributed by atoms with Crippen molar-refractivity contribution < 1.29 is 0 Å². The Bertz CT molecular complexity index is 1190. The number of hydrogen-bond acceptors (Lipinski definition) is 7. The zero-order chi connectivity index (χ0) is 19.5. The first-order chi connectivity index (χ1) is 13.6. The minimum Gasteiger partial charge on any atom is -0.398 e. The largest absolute Gasteiger partial charge is 0.398 e. The van der Waals surface area contributed by atoms with Crippen molar-refractivity contribution in [1.82, 2.24) is 25.0 Å². The molecular weight excluding hydrogens is 352 g/mol. The van der Waals surface area contributed by atoms with E-state index in [-0.39, 0.29) is 5.95 Å². The van der Waals surface area contributed by atoms with Crippen LogP contribution in [-0.2, 0) is 6.54 Å². The van der Waals surface area contributed by atoms with E-state index < -0.39 is 0 Å². The van der Waals surface area contributed by atoms with Gasteiger partial charge in [0.2, 0.25) is 5.95 Å². The fraction of sp³-hybridized carbons (Fsp3) is 0.0500. The van der Waals surface area contributed by atoms with Gasteiger partial charge >= 0.3 is 0 Å². The molecule has 0 unspecified atom stereocenters. The zero-order valence-electron chi connectivity index (χ0n) is 14.8. The molecule has 4 N–H and O–H groups in total. The van der Waals surface area contributed by atoms with Crippen LogP contribution in [0, 0.1) is 11.3 Å². The summed E-state index contributed by atoms with van der Waals surface area (Å²) < 4.78 is 1.69. The van der Waals surface area contributed by atoms with Gasteiger partial charge in [-0.25, -0.2) is 14.6 Å². The van der Waals surface area contributed by atoms with Crippen LogP contribution in [0.25, 0.3) is 22.6 Å². The second-order valence-electron chi connectivity index (χ2n) is 6.19. The van der Waals surface area contributed by atoms with E-state index in [1.165, 1.54) is 0 Å². The fourth-order valence-corrected chi connectivity index (χ4v) is 2.84. The van der Waals surface area contributed by atoms with Crippen LogP contribution in [0.3, 0.4) is 0 Å². The summed E-state index contributed by atoms with van der Waals surface area (Å²) in [6, 6.07) is 18.6. The monoisotopic (exact) mass is 368 g/mol. The van der Waals surface area contributed by atoms with Crippen LogP contribution in [0.4, 0.5) is 11.6 Å². The Morgan fingerprint density at radius 1 is 0.929 bits per heavy atom. The highest BCUT2D eigenvalue weighted by Gasteiger charge is 2.11. The van der Waals surface area contributed by atoms with Gasteiger partial charge in [0.25, 0.3) is 0 Å². The molecule has 0 spiro atoms. The molecule has 8 nitrogen and oxygen atoms in total. The van der Waals surface area contributed by atoms with Crippen LogP contribution in [0.2, 0.25) is 0 Å². The molecule has 0 saturated heterocycles. The average molecular weight is 368 g/mol. The molecule has 8 heteroatoms. The molecule has 0 aliphatic heterocycles. The van der Waals surface area contributed by atoms with E-state index in [0.29, 0.717) is 34.9 Å². The molecule has 2 aromatic heterocycles. The number of nitrogens with two attached hydrogens (primary N) is 2. The Morgan fingerprint density at radius 3 is 2.57 bits per heavy atom. The van der Waals surface area contributed by atoms with Crippen LogP contribution in [-0.4, -0.2) is 25.0 Å². The average Bonchev–Trinajstić information content (AvgIpc) is 3.18. The van der Waals surface area contributed by atoms with Gasteiger partial charge in [0, 0.05) is 11.3 Å². The van der Waals surface area contributed by atoms with Crippen LogP contribution in [0.15, 0.2) is 60.8 Å². The third-order valence-corrected chi connectivity index (χ3v) is 4.22. The number of nitrogen functional groups attached to an aromatic ring is 2. The van der Waals surface area contributed by atoms with Crippen LogP contribution < -0.4 is 11.5 Å². The molecule has 0 radical (unpaired) electrons. The van der Waals surface area contributed by atoms with Crippen molar-refractivity contribution in [3.63, 3.8) is 0 Å². The minimum absolute atomic E-state index is 0.122. The summed E-state index contributed by atoms with van der Waals surface area (Å²) in [5.41, 5.74) is 16.6. The van der Waals surface area contributed by atoms with Gasteiger partial charge in [-0.15, -0.1) is 5.10 Å². The number of rotatable bonds is 4. The lowest BCUT2D eigenvalue weighted by Crippen LogP contribution is -2.03. The second-order valence-corrected chi connectivity index (χ2v) is 6.19. The van der Waals surface area contributed by atoms with Crippen LogP contribution in [0.5, 0.6) is 0 Å². The zero-order valence-corrected chi connectivity index (χ0v) is 14.8. The van der Waals surface area contributed by atoms with Crippen LogP contribution >= 0.6 is 0 Å². The molecular formula is C20H16N8. The van der Waals surface area contributed by atoms with Gasteiger partial charge in [0.05, 0.1) is 35.8 Å². The lowest BCUT2D eigenvalue weighted by molar-refractivity contribution is 0.651. The first kappa shape index (κ1) is 17.2. The molecule has 0 saturated carbocycles. The predicted octanol–water partition coefficient (Wildman–Crippen LogP) is 2.49. The molecule has 0 bridgehead atoms. The molecule has 4 aromatic rings. The van der Waals surface area contributed by atoms with E-state index in [1.807, 2.05) is 30.3 Å². The summed E-state index contributed by atoms with van der Waals surface area (Å²) in [4.78, 5) is 8.55. The molecule has 0 amide bonds. The molecule has 4 rings (SSSR count). The van der Waals surface area contributed by atoms with Gasteiger partial charge in [-0.3, -0.25) is 0 Å². The van der Waals surface area contributed by atoms with Crippen molar-refractivity contribution in [2.24, 2.45) is 0 Å². The summed E-state index contributed by atoms with van der Waals surface area (Å²) in [5, 5.41) is 17.5. The minimum atomic E-state index is 0.122. The predicted molar refractivity (Wildman–Crippen MR) is 106 cm³/mol. The Labute approximate surface area is 161 Å². The number of hydrogen-bond donors (Lipinski definition) is 2. The molecule has 0 aliphatic rings. The van der Waals surface area contributed by atoms with Crippen molar-refractivity contribution in [1.29, 1.82) is 5.26 Å². The van der Waals surface area contributed by atoms with E-state index in [9.17, 15) is 0 Å². The van der Waals surface area contributed by atoms with Gasteiger partial charge in [-0.1, -0.05) is 35.5 Å². The first-order valence-electron chi connectivity index (χ1n) is 8.51. The number of para-hydroxylation sites is 1. The first-order valence-corrected chi connectivity index (χ1v) is 8.51. The van der Waals surface area contributed by atoms with Gasteiger partial charge in [0.1, 0.15) is 5.69 Å². The number of benzene rings is 2. The smallest absolute Gasteiger partial charge is 0.221 e. The maximum Gasteiger partial charge on any atom is 0.221 e. The fourth-order valence-electron chi connectivity index (χ4n) is 2.84. The SMILES string of the molecule is N#Cc1cccc(-c2cc(-c3cn(Cc4ccccc4N)nn3)nc(N)n2)c1. The van der Waals surface area contributed by atoms with E-state index in [1.54, 1.807) is 35.1 Å². The van der Waals surface area contributed by atoms with Gasteiger partial charge in [-0.05, 0) is 29.8 Å². The quantitative estimate of drug-likeness (QED) is 0.529. The molecule has 0 fully saturated rings. The standard InChI is InChI=1S/C20H16N8/c21-10-13-4-3-6-14(8-13)17-9-18(25-20(23)24-17)19-12-28(27-26-19)11-15-5-1-2-7-16(15)22/h1-9,12H,11,22H2,(H2,23,24,25). The maximum absolute atomic E-state index is 9.10. The molecule has 2 heterocycles. The third-order valence-electron chi connectivity index (χ3n) is 4.22. The van der Waals surface area contributed by atoms with Crippen molar-refractivity contribution in [3.8, 4) is 28.7 Å². The van der Waals surface area contributed by atoms with Crippen molar-refractivity contribution >= 4 is 11.6 Å². The Kier molecular flexibility index (Phi) is 4.40. The van der Waals surface area contributed by atoms with E-state index in [4.69, 9.17) is 16.7 Å². The van der Waals surface area contributed by atoms with Gasteiger partial charge in [-0.2, -0.15) is 5.26 Å². The lowest BCUT2D eigenvalue weighted by atomic mass is 10.1. The van der Waals surface area contributed by atoms with E-state index in [2.05, 4.69) is 26.3 Å². The summed E-state index contributed by atoms with van der Waals surface area (Å²) in [7, 11) is 0. The molecule has 0 atom stereocenters. The summed E-state index contributed by atoms with van der Waals surface area (Å²) in [6.07, 6.45) is 1.78. The number of nitrogens with zero attached hydrogens (tertiary/aromatic N) is 6. The van der Waals surface area contributed by atoms with E-state index >= 15 is 0 Å². The highest BCUT2D eigenvalue weighted by Crippen LogP contribution is 2.24. The van der Waals surface area contributed by atoms with Gasteiger partial charge < -0.3 is 11.5 Å². The molecule has 2 aromatic carbocycles. The maximum atomic E-state index is 9.10. The Hall–Kier alpha value is -4.25. The molecule has 136 valence electrons. The summed E-state index contributed by atoms with van der Waals surface area (Å²) in [5.74, 6) is 0.122.